The van der Waals surface area contributed by atoms with E-state index in [0.29, 0.717) is 22.9 Å². The van der Waals surface area contributed by atoms with Gasteiger partial charge in [0, 0.05) is 17.9 Å². The molecule has 0 aromatic heterocycles. The SMILES string of the molecule is Fc1cc(CBr)cc(F)c1N(CC1CC1)C1CC1. The molecule has 0 unspecified atom stereocenters. The number of anilines is 1. The van der Waals surface area contributed by atoms with Gasteiger partial charge in [-0.25, -0.2) is 8.78 Å². The Balaban J connectivity index is 1.92. The molecular weight excluding hydrogens is 300 g/mol. The fourth-order valence-electron chi connectivity index (χ4n) is 2.36. The quantitative estimate of drug-likeness (QED) is 0.735. The molecule has 1 nitrogen and oxygen atoms in total. The van der Waals surface area contributed by atoms with Gasteiger partial charge < -0.3 is 4.90 Å². The van der Waals surface area contributed by atoms with E-state index in [1.54, 1.807) is 0 Å². The predicted molar refractivity (Wildman–Crippen MR) is 72.1 cm³/mol. The summed E-state index contributed by atoms with van der Waals surface area (Å²) in [6.07, 6.45) is 4.52. The first-order valence-corrected chi connectivity index (χ1v) is 7.61. The maximum Gasteiger partial charge on any atom is 0.149 e. The summed E-state index contributed by atoms with van der Waals surface area (Å²) in [5.74, 6) is -0.200. The molecule has 2 aliphatic carbocycles. The van der Waals surface area contributed by atoms with Gasteiger partial charge in [-0.2, -0.15) is 0 Å². The van der Waals surface area contributed by atoms with E-state index in [0.717, 1.165) is 19.4 Å². The third-order valence-corrected chi connectivity index (χ3v) is 4.31. The molecular formula is C14H16BrF2N. The largest absolute Gasteiger partial charge is 0.364 e. The highest BCUT2D eigenvalue weighted by molar-refractivity contribution is 9.08. The van der Waals surface area contributed by atoms with Crippen LogP contribution in [0.3, 0.4) is 0 Å². The van der Waals surface area contributed by atoms with E-state index in [9.17, 15) is 8.78 Å². The molecule has 2 saturated carbocycles. The first kappa shape index (κ1) is 12.4. The monoisotopic (exact) mass is 315 g/mol. The number of hydrogen-bond acceptors (Lipinski definition) is 1. The molecule has 0 N–H and O–H groups in total. The summed E-state index contributed by atoms with van der Waals surface area (Å²) >= 11 is 3.23. The second kappa shape index (κ2) is 4.80. The Labute approximate surface area is 114 Å². The van der Waals surface area contributed by atoms with Gasteiger partial charge in [0.1, 0.15) is 17.3 Å². The molecule has 0 atom stereocenters. The van der Waals surface area contributed by atoms with Gasteiger partial charge in [-0.3, -0.25) is 0 Å². The van der Waals surface area contributed by atoms with Crippen molar-refractivity contribution in [3.63, 3.8) is 0 Å². The van der Waals surface area contributed by atoms with Crippen molar-refractivity contribution in [3.8, 4) is 0 Å². The van der Waals surface area contributed by atoms with Crippen LogP contribution in [0.15, 0.2) is 12.1 Å². The summed E-state index contributed by atoms with van der Waals surface area (Å²) in [6, 6.07) is 3.23. The van der Waals surface area contributed by atoms with E-state index in [2.05, 4.69) is 15.9 Å². The van der Waals surface area contributed by atoms with Crippen molar-refractivity contribution in [3.05, 3.63) is 29.3 Å². The van der Waals surface area contributed by atoms with E-state index in [1.165, 1.54) is 25.0 Å². The zero-order valence-electron chi connectivity index (χ0n) is 10.1. The maximum absolute atomic E-state index is 14.1. The molecule has 2 aliphatic rings. The molecule has 4 heteroatoms. The number of alkyl halides is 1. The number of rotatable bonds is 5. The van der Waals surface area contributed by atoms with Crippen LogP contribution in [-0.4, -0.2) is 12.6 Å². The lowest BCUT2D eigenvalue weighted by Crippen LogP contribution is -2.30. The predicted octanol–water partition coefficient (Wildman–Crippen LogP) is 4.24. The van der Waals surface area contributed by atoms with Crippen LogP contribution in [-0.2, 0) is 5.33 Å². The highest BCUT2D eigenvalue weighted by Gasteiger charge is 2.36. The molecule has 1 aromatic carbocycles. The summed E-state index contributed by atoms with van der Waals surface area (Å²) in [6.45, 7) is 0.812. The van der Waals surface area contributed by atoms with Crippen molar-refractivity contribution in [2.75, 3.05) is 11.4 Å². The summed E-state index contributed by atoms with van der Waals surface area (Å²) < 4.78 is 28.2. The van der Waals surface area contributed by atoms with Gasteiger partial charge in [-0.05, 0) is 49.3 Å². The second-order valence-corrected chi connectivity index (χ2v) is 5.93. The van der Waals surface area contributed by atoms with E-state index in [4.69, 9.17) is 0 Å². The number of nitrogens with zero attached hydrogens (tertiary/aromatic N) is 1. The Morgan fingerprint density at radius 1 is 1.11 bits per heavy atom. The minimum absolute atomic E-state index is 0.189. The van der Waals surface area contributed by atoms with Gasteiger partial charge in [0.05, 0.1) is 0 Å². The first-order chi connectivity index (χ1) is 8.69. The molecule has 3 rings (SSSR count). The lowest BCUT2D eigenvalue weighted by Gasteiger charge is -2.26. The van der Waals surface area contributed by atoms with E-state index in [1.807, 2.05) is 4.90 Å². The number of halogens is 3. The Morgan fingerprint density at radius 2 is 1.72 bits per heavy atom. The molecule has 98 valence electrons. The van der Waals surface area contributed by atoms with Crippen molar-refractivity contribution in [1.82, 2.24) is 0 Å². The van der Waals surface area contributed by atoms with E-state index < -0.39 is 11.6 Å². The Bertz CT molecular complexity index is 432. The molecule has 1 aromatic rings. The van der Waals surface area contributed by atoms with Crippen molar-refractivity contribution >= 4 is 21.6 Å². The van der Waals surface area contributed by atoms with Gasteiger partial charge >= 0.3 is 0 Å². The molecule has 0 saturated heterocycles. The molecule has 0 amide bonds. The highest BCUT2D eigenvalue weighted by Crippen LogP contribution is 2.39. The third-order valence-electron chi connectivity index (χ3n) is 3.66. The van der Waals surface area contributed by atoms with Crippen LogP contribution in [0.5, 0.6) is 0 Å². The Morgan fingerprint density at radius 3 is 2.17 bits per heavy atom. The lowest BCUT2D eigenvalue weighted by molar-refractivity contribution is 0.561. The van der Waals surface area contributed by atoms with Gasteiger partial charge in [-0.15, -0.1) is 0 Å². The van der Waals surface area contributed by atoms with E-state index in [-0.39, 0.29) is 5.69 Å². The van der Waals surface area contributed by atoms with Crippen LogP contribution < -0.4 is 4.90 Å². The standard InChI is InChI=1S/C14H16BrF2N/c15-7-10-5-12(16)14(13(17)6-10)18(11-3-4-11)8-9-1-2-9/h5-6,9,11H,1-4,7-8H2. The van der Waals surface area contributed by atoms with Crippen LogP contribution >= 0.6 is 15.9 Å². The van der Waals surface area contributed by atoms with Crippen molar-refractivity contribution in [2.45, 2.75) is 37.1 Å². The lowest BCUT2D eigenvalue weighted by atomic mass is 10.1. The normalized spacial score (nSPS) is 19.1. The smallest absolute Gasteiger partial charge is 0.149 e. The fraction of sp³-hybridized carbons (Fsp3) is 0.571. The highest BCUT2D eigenvalue weighted by atomic mass is 79.9. The average Bonchev–Trinajstić information content (AvgIpc) is 3.19. The Kier molecular flexibility index (Phi) is 3.31. The van der Waals surface area contributed by atoms with Gasteiger partial charge in [0.25, 0.3) is 0 Å². The second-order valence-electron chi connectivity index (χ2n) is 5.37. The van der Waals surface area contributed by atoms with Gasteiger partial charge in [0.15, 0.2) is 0 Å². The third kappa shape index (κ3) is 2.53. The fourth-order valence-corrected chi connectivity index (χ4v) is 2.68. The zero-order valence-corrected chi connectivity index (χ0v) is 11.7. The van der Waals surface area contributed by atoms with Gasteiger partial charge in [0.2, 0.25) is 0 Å². The van der Waals surface area contributed by atoms with Crippen LogP contribution in [0.25, 0.3) is 0 Å². The molecule has 18 heavy (non-hydrogen) atoms. The molecule has 0 spiro atoms. The summed E-state index contributed by atoms with van der Waals surface area (Å²) in [7, 11) is 0. The number of benzene rings is 1. The van der Waals surface area contributed by atoms with Crippen molar-refractivity contribution < 1.29 is 8.78 Å². The summed E-state index contributed by atoms with van der Waals surface area (Å²) in [4.78, 5) is 1.96. The van der Waals surface area contributed by atoms with Crippen LogP contribution in [0, 0.1) is 17.6 Å². The summed E-state index contributed by atoms with van der Waals surface area (Å²) in [5.41, 5.74) is 0.838. The minimum Gasteiger partial charge on any atom is -0.364 e. The maximum atomic E-state index is 14.1. The Hall–Kier alpha value is -0.640. The van der Waals surface area contributed by atoms with Crippen molar-refractivity contribution in [1.29, 1.82) is 0 Å². The molecule has 0 aliphatic heterocycles. The zero-order chi connectivity index (χ0) is 12.7. The van der Waals surface area contributed by atoms with Crippen LogP contribution in [0.4, 0.5) is 14.5 Å². The molecule has 0 heterocycles. The molecule has 0 bridgehead atoms. The molecule has 0 radical (unpaired) electrons. The average molecular weight is 316 g/mol. The van der Waals surface area contributed by atoms with Crippen molar-refractivity contribution in [2.24, 2.45) is 5.92 Å². The number of hydrogen-bond donors (Lipinski definition) is 0. The summed E-state index contributed by atoms with van der Waals surface area (Å²) in [5, 5.41) is 0.479. The topological polar surface area (TPSA) is 3.24 Å². The van der Waals surface area contributed by atoms with Crippen LogP contribution in [0.1, 0.15) is 31.2 Å². The minimum atomic E-state index is -0.419. The van der Waals surface area contributed by atoms with E-state index >= 15 is 0 Å². The van der Waals surface area contributed by atoms with Gasteiger partial charge in [-0.1, -0.05) is 15.9 Å². The molecule has 2 fully saturated rings. The van der Waals surface area contributed by atoms with Crippen LogP contribution in [0.2, 0.25) is 0 Å². The first-order valence-electron chi connectivity index (χ1n) is 6.49.